The van der Waals surface area contributed by atoms with Crippen LogP contribution in [0.25, 0.3) is 0 Å². The van der Waals surface area contributed by atoms with E-state index in [4.69, 9.17) is 10.5 Å². The summed E-state index contributed by atoms with van der Waals surface area (Å²) in [5.74, 6) is -0.444. The number of alkyl halides is 3. The number of benzene rings is 2. The van der Waals surface area contributed by atoms with Crippen LogP contribution in [0.1, 0.15) is 21.5 Å². The second-order valence-electron chi connectivity index (χ2n) is 4.94. The number of rotatable bonds is 3. The van der Waals surface area contributed by atoms with E-state index in [1.807, 2.05) is 0 Å². The molecule has 0 bridgehead atoms. The summed E-state index contributed by atoms with van der Waals surface area (Å²) in [6.45, 7) is 1.78. The minimum atomic E-state index is -4.51. The molecule has 122 valence electrons. The SMILES string of the molecule is COc1ccc(C(F)(F)F)cc1NC(=O)c1ccc(C)c(N)c1. The lowest BCUT2D eigenvalue weighted by atomic mass is 10.1. The molecule has 0 unspecified atom stereocenters. The first kappa shape index (κ1) is 16.7. The van der Waals surface area contributed by atoms with Gasteiger partial charge < -0.3 is 15.8 Å². The number of amides is 1. The van der Waals surface area contributed by atoms with Crippen molar-refractivity contribution < 1.29 is 22.7 Å². The van der Waals surface area contributed by atoms with Crippen molar-refractivity contribution in [3.8, 4) is 5.75 Å². The maximum atomic E-state index is 12.8. The van der Waals surface area contributed by atoms with E-state index < -0.39 is 17.6 Å². The summed E-state index contributed by atoms with van der Waals surface area (Å²) in [7, 11) is 1.31. The lowest BCUT2D eigenvalue weighted by molar-refractivity contribution is -0.137. The third kappa shape index (κ3) is 3.74. The molecular formula is C16H15F3N2O2. The predicted octanol–water partition coefficient (Wildman–Crippen LogP) is 3.86. The molecule has 0 aromatic heterocycles. The van der Waals surface area contributed by atoms with Gasteiger partial charge in [0, 0.05) is 11.3 Å². The van der Waals surface area contributed by atoms with E-state index in [-0.39, 0.29) is 17.0 Å². The minimum absolute atomic E-state index is 0.0635. The maximum Gasteiger partial charge on any atom is 0.416 e. The number of anilines is 2. The molecule has 1 amide bonds. The lowest BCUT2D eigenvalue weighted by Gasteiger charge is -2.14. The molecule has 0 aliphatic heterocycles. The number of halogens is 3. The third-order valence-electron chi connectivity index (χ3n) is 3.32. The number of aryl methyl sites for hydroxylation is 1. The van der Waals surface area contributed by atoms with Gasteiger partial charge in [-0.2, -0.15) is 13.2 Å². The van der Waals surface area contributed by atoms with Crippen LogP contribution in [-0.2, 0) is 6.18 Å². The number of nitrogen functional groups attached to an aromatic ring is 1. The van der Waals surface area contributed by atoms with Gasteiger partial charge in [0.2, 0.25) is 0 Å². The van der Waals surface area contributed by atoms with Crippen LogP contribution < -0.4 is 15.8 Å². The Morgan fingerprint density at radius 2 is 1.87 bits per heavy atom. The van der Waals surface area contributed by atoms with Crippen LogP contribution in [0.15, 0.2) is 36.4 Å². The van der Waals surface area contributed by atoms with Crippen LogP contribution in [0.3, 0.4) is 0 Å². The molecule has 0 atom stereocenters. The average molecular weight is 324 g/mol. The first-order valence-electron chi connectivity index (χ1n) is 6.65. The lowest BCUT2D eigenvalue weighted by Crippen LogP contribution is -2.14. The number of nitrogens with one attached hydrogen (secondary N) is 1. The van der Waals surface area contributed by atoms with Crippen molar-refractivity contribution in [2.45, 2.75) is 13.1 Å². The zero-order valence-corrected chi connectivity index (χ0v) is 12.5. The first-order chi connectivity index (χ1) is 10.7. The summed E-state index contributed by atoms with van der Waals surface area (Å²) in [6, 6.07) is 7.54. The highest BCUT2D eigenvalue weighted by molar-refractivity contribution is 6.05. The third-order valence-corrected chi connectivity index (χ3v) is 3.32. The van der Waals surface area contributed by atoms with Crippen molar-refractivity contribution in [3.05, 3.63) is 53.1 Å². The van der Waals surface area contributed by atoms with Gasteiger partial charge in [-0.1, -0.05) is 6.07 Å². The quantitative estimate of drug-likeness (QED) is 0.843. The molecule has 0 aliphatic rings. The summed E-state index contributed by atoms with van der Waals surface area (Å²) in [5.41, 5.74) is 6.27. The first-order valence-corrected chi connectivity index (χ1v) is 6.65. The fraction of sp³-hybridized carbons (Fsp3) is 0.188. The molecule has 2 rings (SSSR count). The van der Waals surface area contributed by atoms with E-state index in [1.54, 1.807) is 19.1 Å². The molecule has 0 aliphatic carbocycles. The van der Waals surface area contributed by atoms with E-state index in [0.29, 0.717) is 5.69 Å². The summed E-state index contributed by atoms with van der Waals surface area (Å²) >= 11 is 0. The minimum Gasteiger partial charge on any atom is -0.495 e. The van der Waals surface area contributed by atoms with Crippen molar-refractivity contribution in [1.29, 1.82) is 0 Å². The van der Waals surface area contributed by atoms with Crippen molar-refractivity contribution in [2.24, 2.45) is 0 Å². The van der Waals surface area contributed by atoms with Gasteiger partial charge in [-0.25, -0.2) is 0 Å². The molecule has 0 saturated heterocycles. The summed E-state index contributed by atoms with van der Waals surface area (Å²) in [6.07, 6.45) is -4.51. The van der Waals surface area contributed by atoms with E-state index in [0.717, 1.165) is 23.8 Å². The molecule has 7 heteroatoms. The number of nitrogens with two attached hydrogens (primary N) is 1. The molecule has 23 heavy (non-hydrogen) atoms. The van der Waals surface area contributed by atoms with Crippen LogP contribution >= 0.6 is 0 Å². The standard InChI is InChI=1S/C16H15F3N2O2/c1-9-3-4-10(7-12(9)20)15(22)21-13-8-11(16(17,18)19)5-6-14(13)23-2/h3-8H,20H2,1-2H3,(H,21,22). The van der Waals surface area contributed by atoms with Gasteiger partial charge in [0.15, 0.2) is 0 Å². The highest BCUT2D eigenvalue weighted by Crippen LogP contribution is 2.35. The maximum absolute atomic E-state index is 12.8. The Morgan fingerprint density at radius 1 is 1.17 bits per heavy atom. The Balaban J connectivity index is 2.34. The van der Waals surface area contributed by atoms with Crippen LogP contribution in [-0.4, -0.2) is 13.0 Å². The van der Waals surface area contributed by atoms with Crippen LogP contribution in [0.4, 0.5) is 24.5 Å². The molecule has 0 heterocycles. The highest BCUT2D eigenvalue weighted by atomic mass is 19.4. The summed E-state index contributed by atoms with van der Waals surface area (Å²) in [4.78, 5) is 12.2. The van der Waals surface area contributed by atoms with Gasteiger partial charge in [-0.05, 0) is 42.8 Å². The second kappa shape index (κ2) is 6.20. The van der Waals surface area contributed by atoms with Crippen molar-refractivity contribution in [1.82, 2.24) is 0 Å². The Morgan fingerprint density at radius 3 is 2.43 bits per heavy atom. The number of hydrogen-bond donors (Lipinski definition) is 2. The molecule has 0 spiro atoms. The molecule has 0 fully saturated rings. The van der Waals surface area contributed by atoms with Crippen molar-refractivity contribution >= 4 is 17.3 Å². The van der Waals surface area contributed by atoms with Crippen LogP contribution in [0, 0.1) is 6.92 Å². The van der Waals surface area contributed by atoms with Gasteiger partial charge in [-0.15, -0.1) is 0 Å². The van der Waals surface area contributed by atoms with Crippen molar-refractivity contribution in [2.75, 3.05) is 18.2 Å². The molecule has 0 radical (unpaired) electrons. The van der Waals surface area contributed by atoms with E-state index in [1.165, 1.54) is 13.2 Å². The monoisotopic (exact) mass is 324 g/mol. The van der Waals surface area contributed by atoms with Gasteiger partial charge in [0.1, 0.15) is 5.75 Å². The number of ether oxygens (including phenoxy) is 1. The van der Waals surface area contributed by atoms with Gasteiger partial charge >= 0.3 is 6.18 Å². The van der Waals surface area contributed by atoms with Gasteiger partial charge in [0.05, 0.1) is 18.4 Å². The molecule has 0 saturated carbocycles. The van der Waals surface area contributed by atoms with E-state index >= 15 is 0 Å². The van der Waals surface area contributed by atoms with E-state index in [9.17, 15) is 18.0 Å². The number of carbonyl (C=O) groups is 1. The van der Waals surface area contributed by atoms with E-state index in [2.05, 4.69) is 5.32 Å². The second-order valence-corrected chi connectivity index (χ2v) is 4.94. The summed E-state index contributed by atoms with van der Waals surface area (Å²) in [5, 5.41) is 2.42. The Kier molecular flexibility index (Phi) is 4.49. The number of methoxy groups -OCH3 is 1. The van der Waals surface area contributed by atoms with Crippen LogP contribution in [0.5, 0.6) is 5.75 Å². The normalized spacial score (nSPS) is 11.2. The summed E-state index contributed by atoms with van der Waals surface area (Å²) < 4.78 is 43.4. The molecule has 2 aromatic rings. The zero-order chi connectivity index (χ0) is 17.2. The van der Waals surface area contributed by atoms with Crippen molar-refractivity contribution in [3.63, 3.8) is 0 Å². The zero-order valence-electron chi connectivity index (χ0n) is 12.5. The average Bonchev–Trinajstić information content (AvgIpc) is 2.49. The molecular weight excluding hydrogens is 309 g/mol. The Bertz CT molecular complexity index is 743. The number of hydrogen-bond acceptors (Lipinski definition) is 3. The fourth-order valence-corrected chi connectivity index (χ4v) is 1.96. The molecule has 3 N–H and O–H groups in total. The predicted molar refractivity (Wildman–Crippen MR) is 81.5 cm³/mol. The smallest absolute Gasteiger partial charge is 0.416 e. The Labute approximate surface area is 131 Å². The largest absolute Gasteiger partial charge is 0.495 e. The molecule has 2 aromatic carbocycles. The highest BCUT2D eigenvalue weighted by Gasteiger charge is 2.31. The van der Waals surface area contributed by atoms with Crippen LogP contribution in [0.2, 0.25) is 0 Å². The fourth-order valence-electron chi connectivity index (χ4n) is 1.96. The van der Waals surface area contributed by atoms with Gasteiger partial charge in [-0.3, -0.25) is 4.79 Å². The molecule has 4 nitrogen and oxygen atoms in total. The Hall–Kier alpha value is -2.70. The van der Waals surface area contributed by atoms with Gasteiger partial charge in [0.25, 0.3) is 5.91 Å². The number of carbonyl (C=O) groups excluding carboxylic acids is 1. The topological polar surface area (TPSA) is 64.3 Å².